The second-order valence-electron chi connectivity index (χ2n) is 6.12. The Labute approximate surface area is 154 Å². The second-order valence-corrected chi connectivity index (χ2v) is 7.15. The van der Waals surface area contributed by atoms with Crippen molar-refractivity contribution in [3.63, 3.8) is 0 Å². The fourth-order valence-electron chi connectivity index (χ4n) is 3.15. The number of hydrogen-bond acceptors (Lipinski definition) is 5. The number of nitrogens with one attached hydrogen (secondary N) is 1. The number of carbonyl (C=O) groups excluding carboxylic acids is 1. The molecule has 1 aromatic carbocycles. The Morgan fingerprint density at radius 1 is 1.35 bits per heavy atom. The summed E-state index contributed by atoms with van der Waals surface area (Å²) in [7, 11) is 1.92. The molecule has 0 radical (unpaired) electrons. The maximum absolute atomic E-state index is 14.0. The number of hydrogen-bond donors (Lipinski definition) is 1. The van der Waals surface area contributed by atoms with Gasteiger partial charge in [-0.05, 0) is 12.1 Å². The van der Waals surface area contributed by atoms with Crippen molar-refractivity contribution in [3.05, 3.63) is 59.4 Å². The number of nitrogens with zero attached hydrogens (tertiary/aromatic N) is 4. The van der Waals surface area contributed by atoms with E-state index in [0.717, 1.165) is 12.4 Å². The molecule has 0 saturated carbocycles. The van der Waals surface area contributed by atoms with Gasteiger partial charge in [-0.3, -0.25) is 4.79 Å². The number of aryl methyl sites for hydroxylation is 1. The van der Waals surface area contributed by atoms with E-state index >= 15 is 0 Å². The number of aromatic nitrogens is 3. The number of rotatable bonds is 3. The molecule has 0 aliphatic carbocycles. The Morgan fingerprint density at radius 2 is 2.19 bits per heavy atom. The molecular formula is C18H18FN5OS. The molecule has 1 atom stereocenters. The number of halogens is 1. The summed E-state index contributed by atoms with van der Waals surface area (Å²) < 4.78 is 15.9. The lowest BCUT2D eigenvalue weighted by Gasteiger charge is -2.35. The minimum Gasteiger partial charge on any atom is -0.336 e. The molecule has 8 heteroatoms. The number of piperazine rings is 1. The van der Waals surface area contributed by atoms with Gasteiger partial charge in [0, 0.05) is 44.6 Å². The lowest BCUT2D eigenvalue weighted by atomic mass is 10.1. The Morgan fingerprint density at radius 3 is 2.96 bits per heavy atom. The van der Waals surface area contributed by atoms with Gasteiger partial charge in [0.25, 0.3) is 5.91 Å². The summed E-state index contributed by atoms with van der Waals surface area (Å²) in [5.74, 6) is 0.401. The van der Waals surface area contributed by atoms with Gasteiger partial charge < -0.3 is 14.8 Å². The van der Waals surface area contributed by atoms with Crippen LogP contribution < -0.4 is 5.32 Å². The van der Waals surface area contributed by atoms with Crippen molar-refractivity contribution >= 4 is 17.2 Å². The van der Waals surface area contributed by atoms with Crippen LogP contribution in [0.25, 0.3) is 10.6 Å². The molecule has 0 spiro atoms. The van der Waals surface area contributed by atoms with Crippen LogP contribution in [-0.2, 0) is 7.05 Å². The van der Waals surface area contributed by atoms with Crippen molar-refractivity contribution in [1.29, 1.82) is 0 Å². The third-order valence-corrected chi connectivity index (χ3v) is 5.50. The first-order valence-electron chi connectivity index (χ1n) is 8.35. The van der Waals surface area contributed by atoms with Crippen molar-refractivity contribution in [2.75, 3.05) is 19.6 Å². The molecule has 1 amide bonds. The number of amides is 1. The third-order valence-electron chi connectivity index (χ3n) is 4.48. The van der Waals surface area contributed by atoms with Crippen LogP contribution in [0.5, 0.6) is 0 Å². The van der Waals surface area contributed by atoms with Gasteiger partial charge in [0.05, 0.1) is 6.20 Å². The van der Waals surface area contributed by atoms with E-state index in [2.05, 4.69) is 15.3 Å². The minimum absolute atomic E-state index is 0.0976. The van der Waals surface area contributed by atoms with E-state index in [-0.39, 0.29) is 17.8 Å². The van der Waals surface area contributed by atoms with E-state index in [1.807, 2.05) is 22.7 Å². The first kappa shape index (κ1) is 16.9. The van der Waals surface area contributed by atoms with Gasteiger partial charge in [0.1, 0.15) is 27.6 Å². The molecule has 1 saturated heterocycles. The van der Waals surface area contributed by atoms with Crippen molar-refractivity contribution in [2.24, 2.45) is 7.05 Å². The fourth-order valence-corrected chi connectivity index (χ4v) is 4.05. The molecule has 3 aromatic rings. The van der Waals surface area contributed by atoms with Gasteiger partial charge in [0.2, 0.25) is 0 Å². The van der Waals surface area contributed by atoms with Crippen molar-refractivity contribution < 1.29 is 9.18 Å². The Bertz CT molecular complexity index is 937. The molecule has 0 bridgehead atoms. The van der Waals surface area contributed by atoms with E-state index < -0.39 is 0 Å². The third kappa shape index (κ3) is 3.02. The average molecular weight is 371 g/mol. The van der Waals surface area contributed by atoms with Crippen LogP contribution >= 0.6 is 11.3 Å². The topological polar surface area (TPSA) is 63.1 Å². The number of imidazole rings is 1. The summed E-state index contributed by atoms with van der Waals surface area (Å²) in [6, 6.07) is 6.32. The molecule has 1 aliphatic rings. The Hall–Kier alpha value is -2.58. The molecule has 6 nitrogen and oxygen atoms in total. The number of carbonyl (C=O) groups is 1. The quantitative estimate of drug-likeness (QED) is 0.768. The number of benzene rings is 1. The molecule has 2 aromatic heterocycles. The van der Waals surface area contributed by atoms with Gasteiger partial charge in [-0.25, -0.2) is 14.4 Å². The molecule has 26 heavy (non-hydrogen) atoms. The average Bonchev–Trinajstić information content (AvgIpc) is 3.31. The SMILES string of the molecule is Cn1ccnc1C1CNCCN1C(=O)c1cnc(-c2ccccc2F)s1. The first-order chi connectivity index (χ1) is 12.6. The highest BCUT2D eigenvalue weighted by atomic mass is 32.1. The predicted octanol–water partition coefficient (Wildman–Crippen LogP) is 2.47. The van der Waals surface area contributed by atoms with Gasteiger partial charge in [-0.1, -0.05) is 12.1 Å². The fraction of sp³-hybridized carbons (Fsp3) is 0.278. The normalized spacial score (nSPS) is 17.5. The molecule has 134 valence electrons. The van der Waals surface area contributed by atoms with Crippen LogP contribution in [0, 0.1) is 5.82 Å². The largest absolute Gasteiger partial charge is 0.336 e. The predicted molar refractivity (Wildman–Crippen MR) is 97.4 cm³/mol. The molecule has 1 fully saturated rings. The van der Waals surface area contributed by atoms with E-state index in [1.165, 1.54) is 23.6 Å². The van der Waals surface area contributed by atoms with Crippen LogP contribution in [0.3, 0.4) is 0 Å². The zero-order valence-electron chi connectivity index (χ0n) is 14.2. The summed E-state index contributed by atoms with van der Waals surface area (Å²) in [6.45, 7) is 1.96. The van der Waals surface area contributed by atoms with Gasteiger partial charge >= 0.3 is 0 Å². The van der Waals surface area contributed by atoms with Gasteiger partial charge in [-0.2, -0.15) is 0 Å². The van der Waals surface area contributed by atoms with Crippen molar-refractivity contribution in [3.8, 4) is 10.6 Å². The summed E-state index contributed by atoms with van der Waals surface area (Å²) >= 11 is 1.22. The monoisotopic (exact) mass is 371 g/mol. The van der Waals surface area contributed by atoms with Crippen LogP contribution in [0.2, 0.25) is 0 Å². The van der Waals surface area contributed by atoms with E-state index in [0.29, 0.717) is 28.5 Å². The highest BCUT2D eigenvalue weighted by molar-refractivity contribution is 7.16. The summed E-state index contributed by atoms with van der Waals surface area (Å²) in [6.07, 6.45) is 5.14. The lowest BCUT2D eigenvalue weighted by molar-refractivity contribution is 0.0625. The summed E-state index contributed by atoms with van der Waals surface area (Å²) in [5, 5.41) is 3.83. The van der Waals surface area contributed by atoms with Crippen LogP contribution in [0.4, 0.5) is 4.39 Å². The summed E-state index contributed by atoms with van der Waals surface area (Å²) in [5.41, 5.74) is 0.414. The van der Waals surface area contributed by atoms with Gasteiger partial charge in [0.15, 0.2) is 0 Å². The Balaban J connectivity index is 1.62. The van der Waals surface area contributed by atoms with E-state index in [4.69, 9.17) is 0 Å². The molecule has 3 heterocycles. The number of thiazole rings is 1. The Kier molecular flexibility index (Phi) is 4.52. The van der Waals surface area contributed by atoms with Crippen molar-refractivity contribution in [1.82, 2.24) is 24.8 Å². The smallest absolute Gasteiger partial charge is 0.266 e. The van der Waals surface area contributed by atoms with Crippen LogP contribution in [0.15, 0.2) is 42.9 Å². The zero-order chi connectivity index (χ0) is 18.1. The second kappa shape index (κ2) is 6.97. The molecular weight excluding hydrogens is 353 g/mol. The van der Waals surface area contributed by atoms with E-state index in [9.17, 15) is 9.18 Å². The molecule has 4 rings (SSSR count). The zero-order valence-corrected chi connectivity index (χ0v) is 15.0. The van der Waals surface area contributed by atoms with E-state index in [1.54, 1.807) is 24.4 Å². The summed E-state index contributed by atoms with van der Waals surface area (Å²) in [4.78, 5) is 24.1. The standard InChI is InChI=1S/C18H18FN5OS/c1-23-8-7-21-16(23)14-10-20-6-9-24(14)18(25)15-11-22-17(26-15)12-4-2-3-5-13(12)19/h2-5,7-8,11,14,20H,6,9-10H2,1H3. The van der Waals surface area contributed by atoms with Crippen molar-refractivity contribution in [2.45, 2.75) is 6.04 Å². The van der Waals surface area contributed by atoms with Crippen LogP contribution in [-0.4, -0.2) is 45.0 Å². The maximum Gasteiger partial charge on any atom is 0.266 e. The first-order valence-corrected chi connectivity index (χ1v) is 9.16. The highest BCUT2D eigenvalue weighted by Crippen LogP contribution is 2.30. The molecule has 1 N–H and O–H groups in total. The molecule has 1 unspecified atom stereocenters. The highest BCUT2D eigenvalue weighted by Gasteiger charge is 2.32. The van der Waals surface area contributed by atoms with Gasteiger partial charge in [-0.15, -0.1) is 11.3 Å². The lowest BCUT2D eigenvalue weighted by Crippen LogP contribution is -2.49. The minimum atomic E-state index is -0.339. The van der Waals surface area contributed by atoms with Crippen LogP contribution in [0.1, 0.15) is 21.5 Å². The molecule has 1 aliphatic heterocycles. The maximum atomic E-state index is 14.0.